The molecule has 1 aromatic carbocycles. The molecule has 0 unspecified atom stereocenters. The maximum absolute atomic E-state index is 12.9. The van der Waals surface area contributed by atoms with Crippen molar-refractivity contribution in [1.82, 2.24) is 14.9 Å². The second kappa shape index (κ2) is 9.18. The number of hydrogen-bond donors (Lipinski definition) is 1. The van der Waals surface area contributed by atoms with Crippen LogP contribution >= 0.6 is 0 Å². The molecule has 3 rings (SSSR count). The highest BCUT2D eigenvalue weighted by atomic mass is 19.4. The third-order valence-electron chi connectivity index (χ3n) is 5.13. The Balaban J connectivity index is 1.70. The Hall–Kier alpha value is -2.39. The van der Waals surface area contributed by atoms with Gasteiger partial charge < -0.3 is 14.6 Å². The van der Waals surface area contributed by atoms with Crippen LogP contribution in [0.3, 0.4) is 0 Å². The second-order valence-corrected chi connectivity index (χ2v) is 7.24. The van der Waals surface area contributed by atoms with Crippen molar-refractivity contribution in [3.63, 3.8) is 0 Å². The van der Waals surface area contributed by atoms with E-state index in [4.69, 9.17) is 9.47 Å². The van der Waals surface area contributed by atoms with Gasteiger partial charge in [-0.3, -0.25) is 4.90 Å². The molecule has 0 bridgehead atoms. The number of piperidine rings is 1. The van der Waals surface area contributed by atoms with E-state index in [1.165, 1.54) is 18.3 Å². The van der Waals surface area contributed by atoms with Gasteiger partial charge in [-0.05, 0) is 38.3 Å². The average molecular weight is 425 g/mol. The van der Waals surface area contributed by atoms with E-state index < -0.39 is 17.3 Å². The van der Waals surface area contributed by atoms with E-state index in [0.717, 1.165) is 6.07 Å². The molecule has 0 saturated carbocycles. The molecule has 30 heavy (non-hydrogen) atoms. The number of nitrogens with zero attached hydrogens (tertiary/aromatic N) is 3. The van der Waals surface area contributed by atoms with Crippen LogP contribution in [-0.2, 0) is 18.3 Å². The van der Waals surface area contributed by atoms with Crippen molar-refractivity contribution in [3.8, 4) is 11.9 Å². The maximum atomic E-state index is 12.9. The average Bonchev–Trinajstić information content (AvgIpc) is 2.70. The normalized spacial score (nSPS) is 17.0. The molecule has 0 radical (unpaired) electrons. The van der Waals surface area contributed by atoms with Crippen LogP contribution in [0.15, 0.2) is 30.5 Å². The molecule has 9 heteroatoms. The number of alkyl halides is 3. The molecule has 1 aliphatic heterocycles. The van der Waals surface area contributed by atoms with Crippen molar-refractivity contribution >= 4 is 0 Å². The molecule has 0 atom stereocenters. The topological polar surface area (TPSA) is 67.7 Å². The molecule has 164 valence electrons. The van der Waals surface area contributed by atoms with Crippen LogP contribution in [0.4, 0.5) is 13.2 Å². The third kappa shape index (κ3) is 5.20. The fourth-order valence-corrected chi connectivity index (χ4v) is 3.57. The minimum absolute atomic E-state index is 0.190. The first-order valence-corrected chi connectivity index (χ1v) is 9.99. The van der Waals surface area contributed by atoms with Gasteiger partial charge in [-0.15, -0.1) is 0 Å². The lowest BCUT2D eigenvalue weighted by Gasteiger charge is -2.38. The highest BCUT2D eigenvalue weighted by molar-refractivity contribution is 5.32. The zero-order valence-corrected chi connectivity index (χ0v) is 17.1. The molecule has 1 aromatic heterocycles. The maximum Gasteiger partial charge on any atom is 0.416 e. The number of ether oxygens (including phenoxy) is 2. The van der Waals surface area contributed by atoms with Crippen molar-refractivity contribution in [2.45, 2.75) is 45.0 Å². The summed E-state index contributed by atoms with van der Waals surface area (Å²) in [5.74, 6) is 0.296. The van der Waals surface area contributed by atoms with Crippen LogP contribution in [0.5, 0.6) is 11.9 Å². The third-order valence-corrected chi connectivity index (χ3v) is 5.13. The standard InChI is InChI=1S/C21H26F3N3O3/c1-3-29-18-17(13-25-19(26-18)30-4-2)20(28)8-10-27(11-9-20)14-15-6-5-7-16(12-15)21(22,23)24/h5-7,12-13,28H,3-4,8-11,14H2,1-2H3. The van der Waals surface area contributed by atoms with Crippen molar-refractivity contribution in [3.05, 3.63) is 47.2 Å². The van der Waals surface area contributed by atoms with Crippen LogP contribution in [-0.4, -0.2) is 46.3 Å². The first-order chi connectivity index (χ1) is 14.2. The predicted octanol–water partition coefficient (Wildman–Crippen LogP) is 3.78. The smallest absolute Gasteiger partial charge is 0.416 e. The molecule has 1 aliphatic rings. The van der Waals surface area contributed by atoms with Crippen LogP contribution < -0.4 is 9.47 Å². The summed E-state index contributed by atoms with van der Waals surface area (Å²) < 4.78 is 49.7. The van der Waals surface area contributed by atoms with Gasteiger partial charge in [-0.25, -0.2) is 4.98 Å². The summed E-state index contributed by atoms with van der Waals surface area (Å²) in [6.07, 6.45) is -2.04. The molecule has 6 nitrogen and oxygen atoms in total. The van der Waals surface area contributed by atoms with Crippen LogP contribution in [0.1, 0.15) is 43.4 Å². The van der Waals surface area contributed by atoms with Crippen molar-refractivity contribution in [1.29, 1.82) is 0 Å². The van der Waals surface area contributed by atoms with Gasteiger partial charge >= 0.3 is 12.2 Å². The number of hydrogen-bond acceptors (Lipinski definition) is 6. The lowest BCUT2D eigenvalue weighted by atomic mass is 9.85. The molecule has 2 aromatic rings. The number of likely N-dealkylation sites (tertiary alicyclic amines) is 1. The van der Waals surface area contributed by atoms with E-state index in [0.29, 0.717) is 62.7 Å². The summed E-state index contributed by atoms with van der Waals surface area (Å²) in [4.78, 5) is 10.4. The molecule has 1 N–H and O–H groups in total. The van der Waals surface area contributed by atoms with Gasteiger partial charge in [0.25, 0.3) is 0 Å². The van der Waals surface area contributed by atoms with Gasteiger partial charge in [0, 0.05) is 25.8 Å². The van der Waals surface area contributed by atoms with E-state index in [1.807, 2.05) is 18.7 Å². The zero-order valence-electron chi connectivity index (χ0n) is 17.1. The monoisotopic (exact) mass is 425 g/mol. The fraction of sp³-hybridized carbons (Fsp3) is 0.524. The minimum Gasteiger partial charge on any atom is -0.478 e. The van der Waals surface area contributed by atoms with E-state index in [9.17, 15) is 18.3 Å². The molecular weight excluding hydrogens is 399 g/mol. The quantitative estimate of drug-likeness (QED) is 0.728. The Morgan fingerprint density at radius 1 is 1.13 bits per heavy atom. The van der Waals surface area contributed by atoms with Gasteiger partial charge in [0.05, 0.1) is 29.9 Å². The zero-order chi connectivity index (χ0) is 21.8. The molecule has 0 aliphatic carbocycles. The number of halogens is 3. The second-order valence-electron chi connectivity index (χ2n) is 7.24. The number of aromatic nitrogens is 2. The lowest BCUT2D eigenvalue weighted by Crippen LogP contribution is -2.42. The van der Waals surface area contributed by atoms with Crippen LogP contribution in [0.2, 0.25) is 0 Å². The van der Waals surface area contributed by atoms with Crippen LogP contribution in [0, 0.1) is 0 Å². The van der Waals surface area contributed by atoms with Crippen molar-refractivity contribution in [2.24, 2.45) is 0 Å². The minimum atomic E-state index is -4.36. The first-order valence-electron chi connectivity index (χ1n) is 9.99. The first kappa shape index (κ1) is 22.3. The van der Waals surface area contributed by atoms with Gasteiger partial charge in [-0.1, -0.05) is 18.2 Å². The Labute approximate surface area is 173 Å². The van der Waals surface area contributed by atoms with Crippen molar-refractivity contribution < 1.29 is 27.8 Å². The molecular formula is C21H26F3N3O3. The lowest BCUT2D eigenvalue weighted by molar-refractivity contribution is -0.137. The van der Waals surface area contributed by atoms with Crippen molar-refractivity contribution in [2.75, 3.05) is 26.3 Å². The molecule has 0 amide bonds. The van der Waals surface area contributed by atoms with Gasteiger partial charge in [0.15, 0.2) is 0 Å². The van der Waals surface area contributed by atoms with Gasteiger partial charge in [0.1, 0.15) is 0 Å². The number of aliphatic hydroxyl groups is 1. The summed E-state index contributed by atoms with van der Waals surface area (Å²) in [5.41, 5.74) is -0.720. The van der Waals surface area contributed by atoms with E-state index in [1.54, 1.807) is 6.07 Å². The fourth-order valence-electron chi connectivity index (χ4n) is 3.57. The van der Waals surface area contributed by atoms with Gasteiger partial charge in [-0.2, -0.15) is 18.2 Å². The Kier molecular flexibility index (Phi) is 6.82. The Bertz CT molecular complexity index is 853. The SMILES string of the molecule is CCOc1ncc(C2(O)CCN(Cc3cccc(C(F)(F)F)c3)CC2)c(OCC)n1. The summed E-state index contributed by atoms with van der Waals surface area (Å²) in [6.45, 7) is 5.88. The predicted molar refractivity (Wildman–Crippen MR) is 104 cm³/mol. The van der Waals surface area contributed by atoms with Crippen LogP contribution in [0.25, 0.3) is 0 Å². The number of benzene rings is 1. The Morgan fingerprint density at radius 2 is 1.83 bits per heavy atom. The van der Waals surface area contributed by atoms with E-state index in [-0.39, 0.29) is 6.01 Å². The molecule has 1 saturated heterocycles. The van der Waals surface area contributed by atoms with E-state index in [2.05, 4.69) is 9.97 Å². The summed E-state index contributed by atoms with van der Waals surface area (Å²) in [7, 11) is 0. The summed E-state index contributed by atoms with van der Waals surface area (Å²) in [6, 6.07) is 5.54. The highest BCUT2D eigenvalue weighted by Crippen LogP contribution is 2.38. The molecule has 1 fully saturated rings. The van der Waals surface area contributed by atoms with E-state index >= 15 is 0 Å². The van der Waals surface area contributed by atoms with Gasteiger partial charge in [0.2, 0.25) is 5.88 Å². The highest BCUT2D eigenvalue weighted by Gasteiger charge is 2.38. The summed E-state index contributed by atoms with van der Waals surface area (Å²) >= 11 is 0. The largest absolute Gasteiger partial charge is 0.478 e. The molecule has 0 spiro atoms. The number of rotatable bonds is 7. The molecule has 2 heterocycles. The summed E-state index contributed by atoms with van der Waals surface area (Å²) in [5, 5.41) is 11.2. The Morgan fingerprint density at radius 3 is 2.47 bits per heavy atom.